The molecule has 1 aliphatic carbocycles. The average Bonchev–Trinajstić information content (AvgIpc) is 2.05. The zero-order valence-electron chi connectivity index (χ0n) is 7.12. The second-order valence-electron chi connectivity index (χ2n) is 3.08. The molecule has 0 saturated heterocycles. The number of rotatable bonds is 2. The molecule has 0 amide bonds. The first kappa shape index (κ1) is 9.04. The molecule has 0 aromatic heterocycles. The van der Waals surface area contributed by atoms with Gasteiger partial charge >= 0.3 is 5.97 Å². The third-order valence-corrected chi connectivity index (χ3v) is 2.07. The predicted molar refractivity (Wildman–Crippen MR) is 47.9 cm³/mol. The van der Waals surface area contributed by atoms with E-state index in [0.29, 0.717) is 0 Å². The van der Waals surface area contributed by atoms with Crippen LogP contribution in [-0.4, -0.2) is 11.1 Å². The Balaban J connectivity index is 2.39. The van der Waals surface area contributed by atoms with Gasteiger partial charge in [0.25, 0.3) is 0 Å². The number of carboxylic acid groups (broad SMARTS) is 1. The van der Waals surface area contributed by atoms with E-state index in [9.17, 15) is 4.79 Å². The first-order valence-corrected chi connectivity index (χ1v) is 4.38. The molecular weight excluding hydrogens is 152 g/mol. The Morgan fingerprint density at radius 1 is 1.25 bits per heavy atom. The topological polar surface area (TPSA) is 37.3 Å². The molecule has 0 bridgehead atoms. The van der Waals surface area contributed by atoms with Crippen molar-refractivity contribution in [1.82, 2.24) is 0 Å². The van der Waals surface area contributed by atoms with Crippen LogP contribution in [0, 0.1) is 0 Å². The molecule has 66 valence electrons. The Kier molecular flexibility index (Phi) is 3.58. The lowest BCUT2D eigenvalue weighted by atomic mass is 9.95. The van der Waals surface area contributed by atoms with Crippen LogP contribution in [0.15, 0.2) is 23.8 Å². The van der Waals surface area contributed by atoms with Gasteiger partial charge in [-0.25, -0.2) is 4.79 Å². The lowest BCUT2D eigenvalue weighted by molar-refractivity contribution is -0.131. The van der Waals surface area contributed by atoms with E-state index in [1.165, 1.54) is 30.9 Å². The molecule has 0 unspecified atom stereocenters. The molecule has 0 aliphatic heterocycles. The first-order valence-electron chi connectivity index (χ1n) is 4.38. The van der Waals surface area contributed by atoms with Gasteiger partial charge in [0.05, 0.1) is 0 Å². The number of allylic oxidation sites excluding steroid dienone is 3. The second-order valence-corrected chi connectivity index (χ2v) is 3.08. The maximum Gasteiger partial charge on any atom is 0.328 e. The van der Waals surface area contributed by atoms with Crippen molar-refractivity contribution in [2.24, 2.45) is 0 Å². The Morgan fingerprint density at radius 3 is 2.50 bits per heavy atom. The van der Waals surface area contributed by atoms with Gasteiger partial charge in [0, 0.05) is 6.08 Å². The van der Waals surface area contributed by atoms with Crippen LogP contribution in [-0.2, 0) is 4.79 Å². The van der Waals surface area contributed by atoms with Crippen molar-refractivity contribution < 1.29 is 9.90 Å². The zero-order valence-corrected chi connectivity index (χ0v) is 7.12. The maximum absolute atomic E-state index is 10.1. The monoisotopic (exact) mass is 166 g/mol. The summed E-state index contributed by atoms with van der Waals surface area (Å²) >= 11 is 0. The van der Waals surface area contributed by atoms with Crippen molar-refractivity contribution in [3.05, 3.63) is 23.8 Å². The molecule has 1 N–H and O–H groups in total. The summed E-state index contributed by atoms with van der Waals surface area (Å²) < 4.78 is 0. The molecule has 2 heteroatoms. The standard InChI is InChI=1S/C10H14O2/c11-10(12)8-4-7-9-5-2-1-3-6-9/h4,7-8H,1-3,5-6H2,(H,11,12). The lowest BCUT2D eigenvalue weighted by Crippen LogP contribution is -1.92. The highest BCUT2D eigenvalue weighted by Crippen LogP contribution is 2.22. The molecule has 0 radical (unpaired) electrons. The lowest BCUT2D eigenvalue weighted by Gasteiger charge is -2.11. The molecule has 0 heterocycles. The number of hydrogen-bond acceptors (Lipinski definition) is 1. The quantitative estimate of drug-likeness (QED) is 0.640. The van der Waals surface area contributed by atoms with Gasteiger partial charge in [0.2, 0.25) is 0 Å². The minimum absolute atomic E-state index is 0.873. The Morgan fingerprint density at radius 2 is 1.92 bits per heavy atom. The number of carboxylic acids is 1. The molecule has 2 nitrogen and oxygen atoms in total. The zero-order chi connectivity index (χ0) is 8.81. The van der Waals surface area contributed by atoms with E-state index < -0.39 is 5.97 Å². The fourth-order valence-corrected chi connectivity index (χ4v) is 1.44. The minimum Gasteiger partial charge on any atom is -0.478 e. The molecule has 1 saturated carbocycles. The van der Waals surface area contributed by atoms with Crippen LogP contribution < -0.4 is 0 Å². The van der Waals surface area contributed by atoms with E-state index in [2.05, 4.69) is 0 Å². The van der Waals surface area contributed by atoms with Gasteiger partial charge in [-0.2, -0.15) is 0 Å². The van der Waals surface area contributed by atoms with E-state index in [1.54, 1.807) is 6.08 Å². The largest absolute Gasteiger partial charge is 0.478 e. The molecule has 0 aromatic rings. The Bertz CT molecular complexity index is 206. The summed E-state index contributed by atoms with van der Waals surface area (Å²) in [5, 5.41) is 8.33. The van der Waals surface area contributed by atoms with Crippen LogP contribution in [0.5, 0.6) is 0 Å². The summed E-state index contributed by atoms with van der Waals surface area (Å²) in [6, 6.07) is 0. The van der Waals surface area contributed by atoms with Crippen LogP contribution in [0.3, 0.4) is 0 Å². The van der Waals surface area contributed by atoms with Gasteiger partial charge in [0.1, 0.15) is 0 Å². The fourth-order valence-electron chi connectivity index (χ4n) is 1.44. The van der Waals surface area contributed by atoms with E-state index in [0.717, 1.165) is 12.8 Å². The van der Waals surface area contributed by atoms with Crippen LogP contribution in [0.4, 0.5) is 0 Å². The molecule has 12 heavy (non-hydrogen) atoms. The normalized spacial score (nSPS) is 18.2. The van der Waals surface area contributed by atoms with Crippen LogP contribution in [0.1, 0.15) is 32.1 Å². The highest BCUT2D eigenvalue weighted by Gasteiger charge is 2.02. The highest BCUT2D eigenvalue weighted by molar-refractivity contribution is 5.80. The molecule has 0 atom stereocenters. The predicted octanol–water partition coefficient (Wildman–Crippen LogP) is 2.52. The second kappa shape index (κ2) is 4.75. The van der Waals surface area contributed by atoms with E-state index >= 15 is 0 Å². The summed E-state index contributed by atoms with van der Waals surface area (Å²) in [5.74, 6) is -0.873. The van der Waals surface area contributed by atoms with Crippen molar-refractivity contribution >= 4 is 5.97 Å². The van der Waals surface area contributed by atoms with Crippen molar-refractivity contribution in [1.29, 1.82) is 0 Å². The van der Waals surface area contributed by atoms with Crippen molar-refractivity contribution in [2.75, 3.05) is 0 Å². The molecule has 1 rings (SSSR count). The first-order chi connectivity index (χ1) is 5.79. The molecule has 0 spiro atoms. The summed E-state index contributed by atoms with van der Waals surface area (Å²) in [7, 11) is 0. The maximum atomic E-state index is 10.1. The van der Waals surface area contributed by atoms with Gasteiger partial charge in [0.15, 0.2) is 0 Å². The van der Waals surface area contributed by atoms with Gasteiger partial charge in [-0.3, -0.25) is 0 Å². The van der Waals surface area contributed by atoms with E-state index in [4.69, 9.17) is 5.11 Å². The minimum atomic E-state index is -0.873. The van der Waals surface area contributed by atoms with E-state index in [-0.39, 0.29) is 0 Å². The molecule has 0 aromatic carbocycles. The number of aliphatic carboxylic acids is 1. The van der Waals surface area contributed by atoms with Gasteiger partial charge in [-0.1, -0.05) is 24.1 Å². The van der Waals surface area contributed by atoms with Crippen molar-refractivity contribution in [3.63, 3.8) is 0 Å². The average molecular weight is 166 g/mol. The molecular formula is C10H14O2. The van der Waals surface area contributed by atoms with Crippen LogP contribution >= 0.6 is 0 Å². The molecule has 1 aliphatic rings. The summed E-state index contributed by atoms with van der Waals surface area (Å²) in [4.78, 5) is 10.1. The van der Waals surface area contributed by atoms with Gasteiger partial charge in [-0.15, -0.1) is 0 Å². The Hall–Kier alpha value is -1.05. The van der Waals surface area contributed by atoms with Gasteiger partial charge < -0.3 is 5.11 Å². The number of hydrogen-bond donors (Lipinski definition) is 1. The summed E-state index contributed by atoms with van der Waals surface area (Å²) in [5.41, 5.74) is 1.39. The summed E-state index contributed by atoms with van der Waals surface area (Å²) in [6.45, 7) is 0. The smallest absolute Gasteiger partial charge is 0.328 e. The Labute approximate surface area is 72.6 Å². The fraction of sp³-hybridized carbons (Fsp3) is 0.500. The molecule has 1 fully saturated rings. The van der Waals surface area contributed by atoms with Crippen LogP contribution in [0.25, 0.3) is 0 Å². The highest BCUT2D eigenvalue weighted by atomic mass is 16.4. The van der Waals surface area contributed by atoms with Crippen LogP contribution in [0.2, 0.25) is 0 Å². The van der Waals surface area contributed by atoms with Gasteiger partial charge in [-0.05, 0) is 25.7 Å². The summed E-state index contributed by atoms with van der Waals surface area (Å²) in [6.07, 6.45) is 10.9. The SMILES string of the molecule is O=C(O)C=CC=C1CCCCC1. The third kappa shape index (κ3) is 3.37. The van der Waals surface area contributed by atoms with Crippen molar-refractivity contribution in [3.8, 4) is 0 Å². The van der Waals surface area contributed by atoms with Crippen molar-refractivity contribution in [2.45, 2.75) is 32.1 Å². The van der Waals surface area contributed by atoms with E-state index in [1.807, 2.05) is 6.08 Å². The third-order valence-electron chi connectivity index (χ3n) is 2.07. The number of carbonyl (C=O) groups is 1.